The Balaban J connectivity index is 1.53. The molecule has 0 aromatic carbocycles. The molecule has 3 rings (SSSR count). The largest absolute Gasteiger partial charge is 0.373 e. The van der Waals surface area contributed by atoms with E-state index in [0.29, 0.717) is 12.6 Å². The average Bonchev–Trinajstić information content (AvgIpc) is 2.79. The summed E-state index contributed by atoms with van der Waals surface area (Å²) < 4.78 is 5.89. The molecule has 0 spiro atoms. The zero-order valence-electron chi connectivity index (χ0n) is 10.2. The molecular formula is C12H21N3O2. The van der Waals surface area contributed by atoms with Crippen LogP contribution >= 0.6 is 0 Å². The molecule has 3 aliphatic rings. The van der Waals surface area contributed by atoms with Crippen molar-refractivity contribution in [1.29, 1.82) is 0 Å². The molecule has 0 radical (unpaired) electrons. The summed E-state index contributed by atoms with van der Waals surface area (Å²) >= 11 is 0. The van der Waals surface area contributed by atoms with Crippen LogP contribution in [0, 0.1) is 0 Å². The van der Waals surface area contributed by atoms with Gasteiger partial charge in [0.2, 0.25) is 5.91 Å². The van der Waals surface area contributed by atoms with Gasteiger partial charge in [0.1, 0.15) is 0 Å². The topological polar surface area (TPSA) is 44.8 Å². The van der Waals surface area contributed by atoms with Gasteiger partial charge in [0.05, 0.1) is 19.3 Å². The van der Waals surface area contributed by atoms with Crippen molar-refractivity contribution in [2.75, 3.05) is 45.9 Å². The van der Waals surface area contributed by atoms with Gasteiger partial charge in [-0.05, 0) is 19.4 Å². The number of nitrogens with one attached hydrogen (secondary N) is 1. The highest BCUT2D eigenvalue weighted by molar-refractivity contribution is 5.79. The maximum Gasteiger partial charge on any atom is 0.236 e. The Morgan fingerprint density at radius 2 is 2.35 bits per heavy atom. The second-order valence-corrected chi connectivity index (χ2v) is 5.26. The Hall–Kier alpha value is -0.650. The predicted octanol–water partition coefficient (Wildman–Crippen LogP) is -0.719. The second kappa shape index (κ2) is 4.92. The Bertz CT molecular complexity index is 297. The fourth-order valence-electron chi connectivity index (χ4n) is 3.08. The molecule has 5 heteroatoms. The number of hydrogen-bond acceptors (Lipinski definition) is 4. The van der Waals surface area contributed by atoms with E-state index in [0.717, 1.165) is 32.8 Å². The summed E-state index contributed by atoms with van der Waals surface area (Å²) in [6.07, 6.45) is 2.79. The van der Waals surface area contributed by atoms with Crippen LogP contribution in [0.5, 0.6) is 0 Å². The first kappa shape index (κ1) is 11.4. The predicted molar refractivity (Wildman–Crippen MR) is 63.8 cm³/mol. The third-order valence-corrected chi connectivity index (χ3v) is 4.07. The maximum atomic E-state index is 11.7. The molecule has 3 heterocycles. The smallest absolute Gasteiger partial charge is 0.236 e. The van der Waals surface area contributed by atoms with E-state index in [4.69, 9.17) is 4.74 Å². The van der Waals surface area contributed by atoms with Crippen LogP contribution in [-0.4, -0.2) is 73.7 Å². The minimum Gasteiger partial charge on any atom is -0.373 e. The number of fused-ring (bicyclic) bond motifs is 1. The fraction of sp³-hybridized carbons (Fsp3) is 0.917. The van der Waals surface area contributed by atoms with Gasteiger partial charge in [0.25, 0.3) is 0 Å². The third kappa shape index (κ3) is 2.46. The Morgan fingerprint density at radius 1 is 1.41 bits per heavy atom. The summed E-state index contributed by atoms with van der Waals surface area (Å²) in [6, 6.07) is 0.643. The first-order chi connectivity index (χ1) is 8.33. The van der Waals surface area contributed by atoms with Crippen molar-refractivity contribution in [1.82, 2.24) is 15.1 Å². The van der Waals surface area contributed by atoms with E-state index in [1.165, 1.54) is 19.4 Å². The second-order valence-electron chi connectivity index (χ2n) is 5.26. The van der Waals surface area contributed by atoms with Crippen molar-refractivity contribution in [3.8, 4) is 0 Å². The Morgan fingerprint density at radius 3 is 3.24 bits per heavy atom. The van der Waals surface area contributed by atoms with Gasteiger partial charge < -0.3 is 15.0 Å². The normalized spacial score (nSPS) is 35.1. The van der Waals surface area contributed by atoms with Crippen LogP contribution in [0.25, 0.3) is 0 Å². The molecule has 0 bridgehead atoms. The van der Waals surface area contributed by atoms with Crippen molar-refractivity contribution < 1.29 is 9.53 Å². The fourth-order valence-corrected chi connectivity index (χ4v) is 3.08. The van der Waals surface area contributed by atoms with Crippen molar-refractivity contribution in [3.05, 3.63) is 0 Å². The van der Waals surface area contributed by atoms with E-state index in [1.54, 1.807) is 0 Å². The van der Waals surface area contributed by atoms with Crippen molar-refractivity contribution in [3.63, 3.8) is 0 Å². The van der Waals surface area contributed by atoms with E-state index < -0.39 is 0 Å². The SMILES string of the molecule is O=C1CNCCN1CC1CN2CCCC2CO1. The van der Waals surface area contributed by atoms with Crippen LogP contribution in [0.3, 0.4) is 0 Å². The molecule has 0 aromatic rings. The molecule has 2 atom stereocenters. The molecule has 2 unspecified atom stereocenters. The summed E-state index contributed by atoms with van der Waals surface area (Å²) in [5.74, 6) is 0.211. The Labute approximate surface area is 102 Å². The molecule has 96 valence electrons. The molecule has 3 saturated heterocycles. The number of amides is 1. The van der Waals surface area contributed by atoms with Crippen molar-refractivity contribution in [2.24, 2.45) is 0 Å². The van der Waals surface area contributed by atoms with E-state index in [-0.39, 0.29) is 12.0 Å². The van der Waals surface area contributed by atoms with Gasteiger partial charge >= 0.3 is 0 Å². The Kier molecular flexibility index (Phi) is 3.31. The number of nitrogens with zero attached hydrogens (tertiary/aromatic N) is 2. The highest BCUT2D eigenvalue weighted by Gasteiger charge is 2.33. The van der Waals surface area contributed by atoms with Gasteiger partial charge in [-0.1, -0.05) is 0 Å². The van der Waals surface area contributed by atoms with Crippen LogP contribution in [-0.2, 0) is 9.53 Å². The van der Waals surface area contributed by atoms with Crippen LogP contribution in [0.1, 0.15) is 12.8 Å². The van der Waals surface area contributed by atoms with E-state index in [1.807, 2.05) is 4.90 Å². The third-order valence-electron chi connectivity index (χ3n) is 4.07. The monoisotopic (exact) mass is 239 g/mol. The number of ether oxygens (including phenoxy) is 1. The zero-order valence-corrected chi connectivity index (χ0v) is 10.2. The van der Waals surface area contributed by atoms with Crippen LogP contribution in [0.4, 0.5) is 0 Å². The highest BCUT2D eigenvalue weighted by Crippen LogP contribution is 2.22. The first-order valence-electron chi connectivity index (χ1n) is 6.67. The van der Waals surface area contributed by atoms with Crippen LogP contribution in [0.15, 0.2) is 0 Å². The molecule has 0 saturated carbocycles. The molecule has 3 aliphatic heterocycles. The van der Waals surface area contributed by atoms with Gasteiger partial charge in [-0.2, -0.15) is 0 Å². The summed E-state index contributed by atoms with van der Waals surface area (Å²) in [7, 11) is 0. The van der Waals surface area contributed by atoms with Gasteiger partial charge in [-0.3, -0.25) is 9.69 Å². The van der Waals surface area contributed by atoms with Gasteiger partial charge in [-0.25, -0.2) is 0 Å². The summed E-state index contributed by atoms with van der Waals surface area (Å²) in [5, 5.41) is 3.10. The molecule has 1 N–H and O–H groups in total. The maximum absolute atomic E-state index is 11.7. The number of hydrogen-bond donors (Lipinski definition) is 1. The van der Waals surface area contributed by atoms with E-state index in [9.17, 15) is 4.79 Å². The molecule has 0 aliphatic carbocycles. The summed E-state index contributed by atoms with van der Waals surface area (Å²) in [4.78, 5) is 16.2. The minimum absolute atomic E-state index is 0.211. The lowest BCUT2D eigenvalue weighted by Crippen LogP contribution is -2.55. The summed E-state index contributed by atoms with van der Waals surface area (Å²) in [6.45, 7) is 6.04. The van der Waals surface area contributed by atoms with Crippen LogP contribution in [0.2, 0.25) is 0 Å². The lowest BCUT2D eigenvalue weighted by atomic mass is 10.1. The van der Waals surface area contributed by atoms with Gasteiger partial charge in [0, 0.05) is 32.2 Å². The quantitative estimate of drug-likeness (QED) is 0.691. The molecule has 0 aromatic heterocycles. The lowest BCUT2D eigenvalue weighted by Gasteiger charge is -2.38. The number of morpholine rings is 1. The zero-order chi connectivity index (χ0) is 11.7. The standard InChI is InChI=1S/C12H21N3O2/c16-12-6-13-3-5-15(12)8-11-7-14-4-1-2-10(14)9-17-11/h10-11,13H,1-9H2. The summed E-state index contributed by atoms with van der Waals surface area (Å²) in [5.41, 5.74) is 0. The number of carbonyl (C=O) groups is 1. The van der Waals surface area contributed by atoms with E-state index >= 15 is 0 Å². The number of piperazine rings is 1. The average molecular weight is 239 g/mol. The lowest BCUT2D eigenvalue weighted by molar-refractivity contribution is -0.136. The number of rotatable bonds is 2. The molecule has 3 fully saturated rings. The minimum atomic E-state index is 0.211. The first-order valence-corrected chi connectivity index (χ1v) is 6.67. The molecule has 1 amide bonds. The number of carbonyl (C=O) groups excluding carboxylic acids is 1. The molecular weight excluding hydrogens is 218 g/mol. The van der Waals surface area contributed by atoms with Crippen molar-refractivity contribution in [2.45, 2.75) is 25.0 Å². The molecule has 5 nitrogen and oxygen atoms in total. The van der Waals surface area contributed by atoms with Crippen molar-refractivity contribution >= 4 is 5.91 Å². The molecule has 17 heavy (non-hydrogen) atoms. The van der Waals surface area contributed by atoms with E-state index in [2.05, 4.69) is 10.2 Å². The van der Waals surface area contributed by atoms with Gasteiger partial charge in [0.15, 0.2) is 0 Å². The van der Waals surface area contributed by atoms with Crippen LogP contribution < -0.4 is 5.32 Å². The van der Waals surface area contributed by atoms with Gasteiger partial charge in [-0.15, -0.1) is 0 Å². The highest BCUT2D eigenvalue weighted by atomic mass is 16.5.